The number of nitrogens with two attached hydrogens (primary N) is 2. The molecule has 5 N–H and O–H groups in total. The van der Waals surface area contributed by atoms with E-state index in [1.807, 2.05) is 0 Å². The molecule has 4 aromatic heterocycles. The van der Waals surface area contributed by atoms with Crippen molar-refractivity contribution >= 4 is 72.2 Å². The average Bonchev–Trinajstić information content (AvgIpc) is 3.71. The van der Waals surface area contributed by atoms with Crippen molar-refractivity contribution in [1.82, 2.24) is 39.0 Å². The number of hydrogen-bond acceptors (Lipinski definition) is 16. The van der Waals surface area contributed by atoms with E-state index in [-0.39, 0.29) is 49.0 Å². The number of imidazole rings is 2. The molecule has 19 nitrogen and oxygen atoms in total. The van der Waals surface area contributed by atoms with Crippen LogP contribution in [0.2, 0.25) is 0 Å². The largest absolute Gasteiger partial charge is 0.386 e. The van der Waals surface area contributed by atoms with Gasteiger partial charge in [-0.3, -0.25) is 37.0 Å². The van der Waals surface area contributed by atoms with Crippen molar-refractivity contribution < 1.29 is 36.7 Å². The molecule has 3 fully saturated rings. The van der Waals surface area contributed by atoms with Crippen molar-refractivity contribution in [3.05, 3.63) is 29.3 Å². The Morgan fingerprint density at radius 1 is 0.814 bits per heavy atom. The summed E-state index contributed by atoms with van der Waals surface area (Å²) in [7, 11) is 0. The zero-order valence-electron chi connectivity index (χ0n) is 21.8. The third-order valence-corrected chi connectivity index (χ3v) is 10.4. The van der Waals surface area contributed by atoms with Crippen molar-refractivity contribution in [3.63, 3.8) is 0 Å². The molecule has 23 heteroatoms. The molecule has 230 valence electrons. The summed E-state index contributed by atoms with van der Waals surface area (Å²) in [5.41, 5.74) is 12.1. The number of nitrogens with zero attached hydrogens (tertiary/aromatic N) is 7. The van der Waals surface area contributed by atoms with Gasteiger partial charge in [-0.1, -0.05) is 24.5 Å². The fourth-order valence-electron chi connectivity index (χ4n) is 5.24. The summed E-state index contributed by atoms with van der Waals surface area (Å²) >= 11 is 8.34. The summed E-state index contributed by atoms with van der Waals surface area (Å²) in [4.78, 5) is 35.2. The van der Waals surface area contributed by atoms with Crippen molar-refractivity contribution in [2.75, 3.05) is 24.7 Å². The lowest BCUT2D eigenvalue weighted by Crippen LogP contribution is -2.31. The van der Waals surface area contributed by atoms with Gasteiger partial charge in [-0.05, 0) is 0 Å². The lowest BCUT2D eigenvalue weighted by molar-refractivity contribution is -0.0535. The summed E-state index contributed by atoms with van der Waals surface area (Å²) in [5.74, 6) is 0.0814. The molecule has 2 unspecified atom stereocenters. The van der Waals surface area contributed by atoms with Gasteiger partial charge in [0, 0.05) is 12.8 Å². The van der Waals surface area contributed by atoms with Crippen molar-refractivity contribution in [2.24, 2.45) is 0 Å². The van der Waals surface area contributed by atoms with E-state index in [2.05, 4.69) is 54.4 Å². The zero-order valence-corrected chi connectivity index (χ0v) is 25.4. The standard InChI is InChI=1S/C20H24N10O9P2S2/c21-16-14-17(24-5-23-16)29(6-25-14)12-1-8-10(36-12)3-34-41(33,43)39-9-2-13(37-11(9)4-35-40(32,42)38-8)30-7-26-15-18(30)27-20(22)28-19(15)31/h5-13H,1-4H2,(H,32,42)(H,33,43)(H2,21,23,24)(H3,22,27,28,31)/t8-,9-,10+,11+,12+,13+,40?,41?/m0/s1. The Balaban J connectivity index is 1.13. The molecule has 0 amide bonds. The monoisotopic (exact) mass is 674 g/mol. The van der Waals surface area contributed by atoms with Gasteiger partial charge in [0.1, 0.15) is 48.7 Å². The van der Waals surface area contributed by atoms with Gasteiger partial charge in [0.25, 0.3) is 5.56 Å². The Labute approximate surface area is 251 Å². The highest BCUT2D eigenvalue weighted by atomic mass is 32.7. The van der Waals surface area contributed by atoms with Crippen LogP contribution in [0.3, 0.4) is 0 Å². The number of aromatic nitrogens is 8. The maximum atomic E-state index is 13.4. The molecule has 7 rings (SSSR count). The maximum absolute atomic E-state index is 13.4. The first-order valence-corrected chi connectivity index (χ1v) is 18.1. The quantitative estimate of drug-likeness (QED) is 0.150. The molecule has 3 aliphatic rings. The highest BCUT2D eigenvalue weighted by Crippen LogP contribution is 2.60. The molecular formula is C20H24N10O9P2S2. The van der Waals surface area contributed by atoms with Crippen LogP contribution in [-0.4, -0.2) is 76.7 Å². The van der Waals surface area contributed by atoms with Crippen LogP contribution < -0.4 is 17.0 Å². The van der Waals surface area contributed by atoms with E-state index in [9.17, 15) is 13.9 Å². The van der Waals surface area contributed by atoms with Gasteiger partial charge < -0.3 is 20.9 Å². The second-order valence-electron chi connectivity index (χ2n) is 9.90. The molecule has 3 saturated heterocycles. The molecule has 0 saturated carbocycles. The summed E-state index contributed by atoms with van der Waals surface area (Å²) in [6.45, 7) is -8.67. The highest BCUT2D eigenvalue weighted by Gasteiger charge is 2.47. The minimum absolute atomic E-state index is 0.0433. The van der Waals surface area contributed by atoms with Crippen LogP contribution in [0, 0.1) is 0 Å². The van der Waals surface area contributed by atoms with Crippen molar-refractivity contribution in [3.8, 4) is 0 Å². The van der Waals surface area contributed by atoms with Gasteiger partial charge in [-0.15, -0.1) is 0 Å². The third kappa shape index (κ3) is 5.58. The Morgan fingerprint density at radius 3 is 1.98 bits per heavy atom. The maximum Gasteiger partial charge on any atom is 0.386 e. The fraction of sp³-hybridized carbons (Fsp3) is 0.500. The smallest absolute Gasteiger partial charge is 0.382 e. The Kier molecular flexibility index (Phi) is 7.32. The van der Waals surface area contributed by atoms with Gasteiger partial charge in [-0.2, -0.15) is 4.98 Å². The van der Waals surface area contributed by atoms with Gasteiger partial charge in [-0.25, -0.2) is 29.1 Å². The van der Waals surface area contributed by atoms with Gasteiger partial charge >= 0.3 is 13.6 Å². The summed E-state index contributed by atoms with van der Waals surface area (Å²) in [5, 5.41) is 0. The molecule has 3 aliphatic heterocycles. The van der Waals surface area contributed by atoms with E-state index < -0.39 is 56.0 Å². The number of rotatable bonds is 2. The van der Waals surface area contributed by atoms with Gasteiger partial charge in [0.2, 0.25) is 5.95 Å². The predicted molar refractivity (Wildman–Crippen MR) is 154 cm³/mol. The van der Waals surface area contributed by atoms with E-state index in [4.69, 9.17) is 39.0 Å². The highest BCUT2D eigenvalue weighted by molar-refractivity contribution is 8.44. The van der Waals surface area contributed by atoms with Crippen LogP contribution in [0.25, 0.3) is 22.3 Å². The van der Waals surface area contributed by atoms with Crippen LogP contribution in [0.1, 0.15) is 25.3 Å². The minimum Gasteiger partial charge on any atom is -0.382 e. The molecule has 0 radical (unpaired) electrons. The van der Waals surface area contributed by atoms with E-state index in [0.717, 1.165) is 0 Å². The normalized spacial score (nSPS) is 35.4. The number of fused-ring (bicyclic) bond motifs is 4. The lowest BCUT2D eigenvalue weighted by atomic mass is 10.2. The topological polar surface area (TPSA) is 249 Å². The molecule has 0 bridgehead atoms. The predicted octanol–water partition coefficient (Wildman–Crippen LogP) is 1.59. The minimum atomic E-state index is -4.02. The number of H-pyrrole nitrogens is 1. The average molecular weight is 675 g/mol. The van der Waals surface area contributed by atoms with Crippen LogP contribution in [0.15, 0.2) is 23.8 Å². The number of nitrogen functional groups attached to an aromatic ring is 2. The fourth-order valence-corrected chi connectivity index (χ4v) is 8.28. The molecule has 43 heavy (non-hydrogen) atoms. The number of anilines is 2. The number of aromatic amines is 1. The van der Waals surface area contributed by atoms with E-state index >= 15 is 0 Å². The molecule has 8 atom stereocenters. The molecule has 4 aromatic rings. The number of hydrogen-bond donors (Lipinski definition) is 5. The molecular weight excluding hydrogens is 650 g/mol. The van der Waals surface area contributed by atoms with Crippen LogP contribution in [0.5, 0.6) is 0 Å². The summed E-state index contributed by atoms with van der Waals surface area (Å²) in [6, 6.07) is 0. The zero-order chi connectivity index (χ0) is 30.1. The van der Waals surface area contributed by atoms with E-state index in [1.165, 1.54) is 23.5 Å². The van der Waals surface area contributed by atoms with Crippen LogP contribution >= 0.6 is 38.1 Å². The molecule has 0 aromatic carbocycles. The van der Waals surface area contributed by atoms with Crippen LogP contribution in [0.4, 0.5) is 11.8 Å². The molecule has 0 aliphatic carbocycles. The summed E-state index contributed by atoms with van der Waals surface area (Å²) < 4.78 is 64.9. The Morgan fingerprint density at radius 2 is 1.37 bits per heavy atom. The molecule has 0 spiro atoms. The second-order valence-corrected chi connectivity index (χ2v) is 15.7. The lowest BCUT2D eigenvalue weighted by Gasteiger charge is -2.27. The first-order valence-electron chi connectivity index (χ1n) is 12.7. The second kappa shape index (κ2) is 10.8. The van der Waals surface area contributed by atoms with Gasteiger partial charge in [0.05, 0.1) is 25.9 Å². The van der Waals surface area contributed by atoms with E-state index in [0.29, 0.717) is 11.2 Å². The Bertz CT molecular complexity index is 1870. The molecule has 7 heterocycles. The first-order chi connectivity index (χ1) is 20.5. The Hall–Kier alpha value is -2.58. The van der Waals surface area contributed by atoms with E-state index in [1.54, 1.807) is 4.57 Å². The third-order valence-electron chi connectivity index (χ3n) is 7.16. The number of thiol groups is 2. The number of ether oxygens (including phenoxy) is 2. The first kappa shape index (κ1) is 29.1. The number of nitrogens with one attached hydrogen (secondary N) is 1. The van der Waals surface area contributed by atoms with Gasteiger partial charge in [0.15, 0.2) is 22.6 Å². The SMILES string of the molecule is Nc1nc2c(ncn2[C@H]2C[C@@H]3OP(=O)(S)OC[C@H]4O[C@@H](n5cnc6c(N)ncnc65)C[C@@H]4OP(=O)(S)OC[C@H]3O2)c(=O)[nH]1. The van der Waals surface area contributed by atoms with Crippen molar-refractivity contribution in [1.29, 1.82) is 0 Å². The summed E-state index contributed by atoms with van der Waals surface area (Å²) in [6.07, 6.45) is -0.739. The van der Waals surface area contributed by atoms with Crippen molar-refractivity contribution in [2.45, 2.75) is 49.7 Å². The van der Waals surface area contributed by atoms with Crippen LogP contribution in [-0.2, 0) is 36.7 Å².